The van der Waals surface area contributed by atoms with Crippen molar-refractivity contribution in [3.63, 3.8) is 0 Å². The number of rotatable bonds is 10. The van der Waals surface area contributed by atoms with Crippen LogP contribution in [0.25, 0.3) is 0 Å². The number of benzene rings is 2. The van der Waals surface area contributed by atoms with E-state index in [4.69, 9.17) is 49.2 Å². The maximum absolute atomic E-state index is 15.6. The number of anilines is 2. The molecule has 0 bridgehead atoms. The van der Waals surface area contributed by atoms with Gasteiger partial charge in [0.2, 0.25) is 0 Å². The minimum Gasteiger partial charge on any atom is -0.395 e. The van der Waals surface area contributed by atoms with Gasteiger partial charge in [0.25, 0.3) is 0 Å². The minimum absolute atomic E-state index is 0.0592. The normalized spacial score (nSPS) is 26.0. The number of alkyl halides is 2. The van der Waals surface area contributed by atoms with E-state index in [1.165, 1.54) is 40.9 Å². The first-order valence-electron chi connectivity index (χ1n) is 15.2. The molecule has 12 nitrogen and oxygen atoms in total. The second-order valence-electron chi connectivity index (χ2n) is 11.3. The first kappa shape index (κ1) is 38.0. The van der Waals surface area contributed by atoms with Crippen LogP contribution in [0.1, 0.15) is 21.9 Å². The smallest absolute Gasteiger partial charge is 0.350 e. The number of aliphatic hydroxyl groups is 2. The lowest BCUT2D eigenvalue weighted by Gasteiger charge is -2.21. The van der Waals surface area contributed by atoms with Crippen molar-refractivity contribution in [3.05, 3.63) is 115 Å². The summed E-state index contributed by atoms with van der Waals surface area (Å²) < 4.78 is 43.5. The zero-order valence-corrected chi connectivity index (χ0v) is 29.3. The highest BCUT2D eigenvalue weighted by molar-refractivity contribution is 8.00. The van der Waals surface area contributed by atoms with E-state index in [0.717, 1.165) is 27.5 Å². The fourth-order valence-electron chi connectivity index (χ4n) is 5.22. The molecule has 2 saturated heterocycles. The summed E-state index contributed by atoms with van der Waals surface area (Å²) in [5.74, 6) is 0.150. The monoisotopic (exact) mass is 770 g/mol. The number of nitrogen functional groups attached to an aromatic ring is 2. The van der Waals surface area contributed by atoms with Gasteiger partial charge in [0.05, 0.1) is 36.9 Å². The molecular formula is C32H34Cl2F2N6O6S2. The molecule has 0 saturated carbocycles. The van der Waals surface area contributed by atoms with Crippen molar-refractivity contribution in [2.45, 2.75) is 59.0 Å². The highest BCUT2D eigenvalue weighted by Gasteiger charge is 2.47. The number of hydrogen-bond donors (Lipinski definition) is 4. The number of aromatic nitrogens is 4. The van der Waals surface area contributed by atoms with Crippen LogP contribution in [0.15, 0.2) is 82.6 Å². The number of thioether (sulfide) groups is 2. The van der Waals surface area contributed by atoms with Crippen LogP contribution in [-0.2, 0) is 22.7 Å². The molecule has 268 valence electrons. The summed E-state index contributed by atoms with van der Waals surface area (Å²) in [7, 11) is 0. The summed E-state index contributed by atoms with van der Waals surface area (Å²) in [4.78, 5) is 31.1. The predicted molar refractivity (Wildman–Crippen MR) is 191 cm³/mol. The van der Waals surface area contributed by atoms with Crippen LogP contribution in [0.2, 0.25) is 10.0 Å². The van der Waals surface area contributed by atoms with Gasteiger partial charge in [-0.05, 0) is 47.5 Å². The highest BCUT2D eigenvalue weighted by Crippen LogP contribution is 2.45. The van der Waals surface area contributed by atoms with Crippen molar-refractivity contribution in [2.75, 3.05) is 24.7 Å². The fraction of sp³-hybridized carbons (Fsp3) is 0.375. The van der Waals surface area contributed by atoms with Gasteiger partial charge in [-0.25, -0.2) is 18.4 Å². The van der Waals surface area contributed by atoms with Gasteiger partial charge in [-0.2, -0.15) is 9.97 Å². The lowest BCUT2D eigenvalue weighted by Crippen LogP contribution is -2.35. The van der Waals surface area contributed by atoms with E-state index in [1.807, 2.05) is 24.3 Å². The average Bonchev–Trinajstić information content (AvgIpc) is 3.55. The summed E-state index contributed by atoms with van der Waals surface area (Å²) in [6.45, 7) is 0.452. The van der Waals surface area contributed by atoms with Crippen molar-refractivity contribution < 1.29 is 28.5 Å². The predicted octanol–water partition coefficient (Wildman–Crippen LogP) is 4.02. The van der Waals surface area contributed by atoms with Crippen LogP contribution in [-0.4, -0.2) is 77.6 Å². The Kier molecular flexibility index (Phi) is 13.2. The standard InChI is InChI=1S/C23H22Cl2FN3O3S.C9H12FN3O3S/c24-16-5-1-14(2-6-16)11-31-13-18-21(32-12-15-3-7-17(25)8-4-15)20(26)22(33-18)29-10-9-19(27)28-23(29)30;10-6-7(15)4(3-14)17-8(6)13-2-1-5(11)12-9(13)16/h1-10,18,20-22H,11-13H2,(H2,27,28,30);1-2,4,6-8,14-15H,3H2,(H2,11,12,16)/t18-,20+,21-,22?;4-,6+,7-,8?/m11/s1. The Balaban J connectivity index is 0.000000240. The molecule has 4 aromatic rings. The SMILES string of the molecule is Nc1ccn(C2S[C@H](CO)[C@@H](O)[C@@H]2F)c(=O)n1.Nc1ccn(C2S[C@H](COCc3ccc(Cl)cc3)[C@@H](OCc3ccc(Cl)cc3)[C@@H]2F)c(=O)n1. The second-order valence-corrected chi connectivity index (χ2v) is 14.9. The summed E-state index contributed by atoms with van der Waals surface area (Å²) >= 11 is 14.2. The Morgan fingerprint density at radius 3 is 1.72 bits per heavy atom. The number of nitrogens with zero attached hydrogens (tertiary/aromatic N) is 4. The molecule has 2 fully saturated rings. The van der Waals surface area contributed by atoms with Gasteiger partial charge in [0.15, 0.2) is 12.3 Å². The molecule has 0 amide bonds. The van der Waals surface area contributed by atoms with E-state index in [1.54, 1.807) is 24.3 Å². The molecular weight excluding hydrogens is 737 g/mol. The van der Waals surface area contributed by atoms with E-state index < -0.39 is 51.9 Å². The van der Waals surface area contributed by atoms with Gasteiger partial charge in [-0.3, -0.25) is 9.13 Å². The summed E-state index contributed by atoms with van der Waals surface area (Å²) in [6.07, 6.45) is -2.36. The molecule has 0 radical (unpaired) electrons. The van der Waals surface area contributed by atoms with Crippen LogP contribution in [0.3, 0.4) is 0 Å². The van der Waals surface area contributed by atoms with Crippen molar-refractivity contribution in [1.29, 1.82) is 0 Å². The number of ether oxygens (including phenoxy) is 2. The molecule has 0 aliphatic carbocycles. The van der Waals surface area contributed by atoms with Crippen LogP contribution in [0.5, 0.6) is 0 Å². The van der Waals surface area contributed by atoms with Gasteiger partial charge in [-0.15, -0.1) is 23.5 Å². The number of nitrogens with two attached hydrogens (primary N) is 2. The zero-order valence-electron chi connectivity index (χ0n) is 26.2. The lowest BCUT2D eigenvalue weighted by molar-refractivity contribution is -0.0262. The maximum Gasteiger partial charge on any atom is 0.350 e. The van der Waals surface area contributed by atoms with Crippen LogP contribution in [0.4, 0.5) is 20.4 Å². The van der Waals surface area contributed by atoms with E-state index in [0.29, 0.717) is 16.7 Å². The largest absolute Gasteiger partial charge is 0.395 e. The molecule has 50 heavy (non-hydrogen) atoms. The molecule has 6 rings (SSSR count). The Labute approximate surface area is 303 Å². The molecule has 2 aliphatic rings. The van der Waals surface area contributed by atoms with E-state index in [-0.39, 0.29) is 36.7 Å². The summed E-state index contributed by atoms with van der Waals surface area (Å²) in [5.41, 5.74) is 11.5. The lowest BCUT2D eigenvalue weighted by atomic mass is 10.1. The molecule has 6 N–H and O–H groups in total. The van der Waals surface area contributed by atoms with Crippen LogP contribution >= 0.6 is 46.7 Å². The van der Waals surface area contributed by atoms with Gasteiger partial charge in [-0.1, -0.05) is 47.5 Å². The first-order valence-corrected chi connectivity index (χ1v) is 17.8. The van der Waals surface area contributed by atoms with Crippen molar-refractivity contribution >= 4 is 58.4 Å². The maximum atomic E-state index is 15.6. The van der Waals surface area contributed by atoms with Crippen molar-refractivity contribution in [2.24, 2.45) is 0 Å². The first-order chi connectivity index (χ1) is 23.9. The molecule has 2 unspecified atom stereocenters. The summed E-state index contributed by atoms with van der Waals surface area (Å²) in [6, 6.07) is 17.4. The molecule has 2 aliphatic heterocycles. The van der Waals surface area contributed by atoms with E-state index in [9.17, 15) is 19.1 Å². The third-order valence-corrected chi connectivity index (χ3v) is 11.4. The van der Waals surface area contributed by atoms with Gasteiger partial charge >= 0.3 is 11.4 Å². The van der Waals surface area contributed by atoms with E-state index >= 15 is 4.39 Å². The second kappa shape index (κ2) is 17.3. The third-order valence-electron chi connectivity index (χ3n) is 7.81. The van der Waals surface area contributed by atoms with Crippen molar-refractivity contribution in [3.8, 4) is 0 Å². The van der Waals surface area contributed by atoms with E-state index in [2.05, 4.69) is 9.97 Å². The number of aliphatic hydroxyl groups excluding tert-OH is 2. The Bertz CT molecular complexity index is 1840. The number of hydrogen-bond acceptors (Lipinski definition) is 12. The van der Waals surface area contributed by atoms with Crippen LogP contribution in [0, 0.1) is 0 Å². The quantitative estimate of drug-likeness (QED) is 0.182. The Morgan fingerprint density at radius 1 is 0.760 bits per heavy atom. The molecule has 2 aromatic carbocycles. The molecule has 0 spiro atoms. The fourth-order valence-corrected chi connectivity index (χ4v) is 8.34. The summed E-state index contributed by atoms with van der Waals surface area (Å²) in [5, 5.41) is 17.1. The molecule has 18 heteroatoms. The van der Waals surface area contributed by atoms with Crippen molar-refractivity contribution in [1.82, 2.24) is 19.1 Å². The topological polar surface area (TPSA) is 181 Å². The number of halogens is 4. The molecule has 8 atom stereocenters. The molecule has 4 heterocycles. The third kappa shape index (κ3) is 9.36. The Hall–Kier alpha value is -3.22. The minimum atomic E-state index is -1.62. The zero-order chi connectivity index (χ0) is 35.9. The van der Waals surface area contributed by atoms with Crippen LogP contribution < -0.4 is 22.8 Å². The van der Waals surface area contributed by atoms with Gasteiger partial charge < -0.3 is 31.2 Å². The Morgan fingerprint density at radius 2 is 1.24 bits per heavy atom. The molecule has 2 aromatic heterocycles. The average molecular weight is 772 g/mol. The highest BCUT2D eigenvalue weighted by atomic mass is 35.5. The van der Waals surface area contributed by atoms with Gasteiger partial charge in [0.1, 0.15) is 34.6 Å². The van der Waals surface area contributed by atoms with Gasteiger partial charge in [0, 0.05) is 22.4 Å².